The van der Waals surface area contributed by atoms with Crippen LogP contribution in [0, 0.1) is 5.92 Å². The number of amides is 1. The molecule has 1 fully saturated rings. The fraction of sp³-hybridized carbons (Fsp3) is 0.778. The Bertz CT molecular complexity index is 244. The molecule has 1 aliphatic rings. The van der Waals surface area contributed by atoms with Crippen molar-refractivity contribution in [2.45, 2.75) is 31.1 Å². The standard InChI is InChI=1S/C9H14NO3Se/c1-6(5-14)8(11)10-4-2-3-7(10)9(12)13/h6-7H,2-5H2,1H3,(H,12,13)/t6-,7-/m0/s1. The molecule has 1 aliphatic heterocycles. The summed E-state index contributed by atoms with van der Waals surface area (Å²) in [5.74, 6) is -1.05. The summed E-state index contributed by atoms with van der Waals surface area (Å²) in [6.07, 6.45) is 1.38. The molecular weight excluding hydrogens is 249 g/mol. The van der Waals surface area contributed by atoms with Crippen LogP contribution in [0.2, 0.25) is 5.32 Å². The summed E-state index contributed by atoms with van der Waals surface area (Å²) in [6, 6.07) is -0.600. The quantitative estimate of drug-likeness (QED) is 0.744. The van der Waals surface area contributed by atoms with Crippen LogP contribution in [0.3, 0.4) is 0 Å². The second-order valence-corrected chi connectivity index (χ2v) is 4.29. The van der Waals surface area contributed by atoms with E-state index in [2.05, 4.69) is 16.0 Å². The van der Waals surface area contributed by atoms with Crippen LogP contribution in [0.4, 0.5) is 0 Å². The van der Waals surface area contributed by atoms with Crippen molar-refractivity contribution in [3.05, 3.63) is 0 Å². The van der Waals surface area contributed by atoms with Crippen molar-refractivity contribution in [1.82, 2.24) is 4.90 Å². The van der Waals surface area contributed by atoms with Crippen molar-refractivity contribution in [3.8, 4) is 0 Å². The SMILES string of the molecule is C[C@@H](C[Se])C(=O)N1CCC[C@H]1C(=O)O. The fourth-order valence-electron chi connectivity index (χ4n) is 1.64. The number of hydrogen-bond acceptors (Lipinski definition) is 2. The van der Waals surface area contributed by atoms with Crippen LogP contribution >= 0.6 is 0 Å². The minimum atomic E-state index is -0.886. The minimum absolute atomic E-state index is 0.0475. The second-order valence-electron chi connectivity index (χ2n) is 3.60. The zero-order chi connectivity index (χ0) is 10.7. The van der Waals surface area contributed by atoms with Crippen molar-refractivity contribution >= 4 is 27.9 Å². The molecule has 1 heterocycles. The van der Waals surface area contributed by atoms with Gasteiger partial charge in [-0.05, 0) is 0 Å². The number of likely N-dealkylation sites (tertiary alicyclic amines) is 1. The van der Waals surface area contributed by atoms with Gasteiger partial charge in [-0.3, -0.25) is 0 Å². The summed E-state index contributed by atoms with van der Waals surface area (Å²) < 4.78 is 0. The summed E-state index contributed by atoms with van der Waals surface area (Å²) in [6.45, 7) is 2.40. The molecule has 1 amide bonds. The Hall–Kier alpha value is -0.541. The summed E-state index contributed by atoms with van der Waals surface area (Å²) in [5.41, 5.74) is 0. The number of nitrogens with zero attached hydrogens (tertiary/aromatic N) is 1. The third-order valence-electron chi connectivity index (χ3n) is 2.49. The van der Waals surface area contributed by atoms with E-state index in [9.17, 15) is 9.59 Å². The Labute approximate surface area is 91.5 Å². The van der Waals surface area contributed by atoms with Gasteiger partial charge in [-0.2, -0.15) is 0 Å². The van der Waals surface area contributed by atoms with Gasteiger partial charge in [0.25, 0.3) is 0 Å². The van der Waals surface area contributed by atoms with Crippen molar-refractivity contribution < 1.29 is 14.7 Å². The fourth-order valence-corrected chi connectivity index (χ4v) is 1.94. The maximum absolute atomic E-state index is 11.7. The van der Waals surface area contributed by atoms with Gasteiger partial charge < -0.3 is 0 Å². The first-order valence-corrected chi connectivity index (χ1v) is 5.90. The Balaban J connectivity index is 2.67. The molecule has 0 aromatic carbocycles. The van der Waals surface area contributed by atoms with Gasteiger partial charge in [-0.15, -0.1) is 0 Å². The zero-order valence-corrected chi connectivity index (χ0v) is 9.82. The van der Waals surface area contributed by atoms with Gasteiger partial charge in [0.2, 0.25) is 0 Å². The predicted octanol–water partition coefficient (Wildman–Crippen LogP) is 0.285. The molecule has 0 aromatic rings. The maximum atomic E-state index is 11.7. The van der Waals surface area contributed by atoms with Crippen LogP contribution in [-0.4, -0.2) is 50.5 Å². The Morgan fingerprint density at radius 2 is 2.29 bits per heavy atom. The first kappa shape index (κ1) is 11.5. The Kier molecular flexibility index (Phi) is 3.96. The van der Waals surface area contributed by atoms with E-state index in [0.717, 1.165) is 6.42 Å². The van der Waals surface area contributed by atoms with Crippen LogP contribution in [0.5, 0.6) is 0 Å². The molecule has 0 spiro atoms. The van der Waals surface area contributed by atoms with Crippen molar-refractivity contribution in [1.29, 1.82) is 0 Å². The van der Waals surface area contributed by atoms with Crippen LogP contribution in [-0.2, 0) is 9.59 Å². The summed E-state index contributed by atoms with van der Waals surface area (Å²) in [5, 5.41) is 9.53. The average Bonchev–Trinajstić information content (AvgIpc) is 2.63. The molecule has 0 aromatic heterocycles. The summed E-state index contributed by atoms with van der Waals surface area (Å²) in [4.78, 5) is 24.0. The number of carbonyl (C=O) groups excluding carboxylic acids is 1. The molecule has 2 atom stereocenters. The number of rotatable bonds is 3. The van der Waals surface area contributed by atoms with Crippen LogP contribution in [0.25, 0.3) is 0 Å². The number of carboxylic acids is 1. The first-order valence-electron chi connectivity index (χ1n) is 4.69. The molecule has 0 unspecified atom stereocenters. The molecule has 1 saturated heterocycles. The topological polar surface area (TPSA) is 57.6 Å². The molecule has 0 saturated carbocycles. The predicted molar refractivity (Wildman–Crippen MR) is 52.1 cm³/mol. The van der Waals surface area contributed by atoms with Gasteiger partial charge in [-0.25, -0.2) is 0 Å². The molecule has 79 valence electrons. The van der Waals surface area contributed by atoms with E-state index in [4.69, 9.17) is 5.11 Å². The monoisotopic (exact) mass is 264 g/mol. The van der Waals surface area contributed by atoms with E-state index in [1.807, 2.05) is 6.92 Å². The van der Waals surface area contributed by atoms with Gasteiger partial charge in [0.1, 0.15) is 0 Å². The molecule has 1 rings (SSSR count). The van der Waals surface area contributed by atoms with E-state index in [-0.39, 0.29) is 11.8 Å². The zero-order valence-electron chi connectivity index (χ0n) is 8.10. The third kappa shape index (κ3) is 2.28. The third-order valence-corrected chi connectivity index (χ3v) is 3.54. The van der Waals surface area contributed by atoms with E-state index in [1.54, 1.807) is 0 Å². The van der Waals surface area contributed by atoms with Crippen molar-refractivity contribution in [2.75, 3.05) is 6.54 Å². The number of hydrogen-bond donors (Lipinski definition) is 1. The molecule has 0 aliphatic carbocycles. The van der Waals surface area contributed by atoms with E-state index < -0.39 is 12.0 Å². The molecule has 5 heteroatoms. The van der Waals surface area contributed by atoms with Gasteiger partial charge >= 0.3 is 91.1 Å². The normalized spacial score (nSPS) is 23.6. The molecule has 1 radical (unpaired) electrons. The van der Waals surface area contributed by atoms with Crippen molar-refractivity contribution in [3.63, 3.8) is 0 Å². The number of carboxylic acid groups (broad SMARTS) is 1. The second kappa shape index (κ2) is 4.80. The van der Waals surface area contributed by atoms with Crippen LogP contribution in [0.15, 0.2) is 0 Å². The molecule has 1 N–H and O–H groups in total. The summed E-state index contributed by atoms with van der Waals surface area (Å²) in [7, 11) is 0. The summed E-state index contributed by atoms with van der Waals surface area (Å²) >= 11 is 2.80. The van der Waals surface area contributed by atoms with Gasteiger partial charge in [-0.1, -0.05) is 0 Å². The Morgan fingerprint density at radius 1 is 1.64 bits per heavy atom. The van der Waals surface area contributed by atoms with Gasteiger partial charge in [0.05, 0.1) is 0 Å². The van der Waals surface area contributed by atoms with E-state index in [1.165, 1.54) is 4.90 Å². The van der Waals surface area contributed by atoms with Crippen LogP contribution in [0.1, 0.15) is 19.8 Å². The average molecular weight is 263 g/mol. The molecule has 4 nitrogen and oxygen atoms in total. The van der Waals surface area contributed by atoms with Gasteiger partial charge in [0, 0.05) is 0 Å². The first-order chi connectivity index (χ1) is 6.57. The van der Waals surface area contributed by atoms with Crippen LogP contribution < -0.4 is 0 Å². The molecular formula is C9H14NO3Se. The number of carbonyl (C=O) groups is 2. The molecule has 0 bridgehead atoms. The van der Waals surface area contributed by atoms with Crippen molar-refractivity contribution in [2.24, 2.45) is 5.92 Å². The number of aliphatic carboxylic acids is 1. The van der Waals surface area contributed by atoms with E-state index in [0.29, 0.717) is 18.3 Å². The molecule has 14 heavy (non-hydrogen) atoms. The van der Waals surface area contributed by atoms with E-state index >= 15 is 0 Å². The van der Waals surface area contributed by atoms with Gasteiger partial charge in [0.15, 0.2) is 0 Å². The Morgan fingerprint density at radius 3 is 2.79 bits per heavy atom.